The summed E-state index contributed by atoms with van der Waals surface area (Å²) in [5.41, 5.74) is 0. The summed E-state index contributed by atoms with van der Waals surface area (Å²) in [6, 6.07) is 1.61. The molecule has 3 atom stereocenters. The fourth-order valence-corrected chi connectivity index (χ4v) is 5.23. The van der Waals surface area contributed by atoms with Crippen molar-refractivity contribution in [3.63, 3.8) is 0 Å². The van der Waals surface area contributed by atoms with Gasteiger partial charge in [0.1, 0.15) is 0 Å². The molecule has 3 rings (SSSR count). The highest BCUT2D eigenvalue weighted by atomic mass is 16.5. The van der Waals surface area contributed by atoms with Crippen LogP contribution in [-0.4, -0.2) is 24.3 Å². The first kappa shape index (κ1) is 17.7. The minimum Gasteiger partial charge on any atom is -0.375 e. The van der Waals surface area contributed by atoms with E-state index in [0.717, 1.165) is 23.9 Å². The van der Waals surface area contributed by atoms with E-state index in [-0.39, 0.29) is 0 Å². The predicted molar refractivity (Wildman–Crippen MR) is 97.7 cm³/mol. The molecule has 0 aliphatic heterocycles. The normalized spacial score (nSPS) is 38.3. The predicted octanol–water partition coefficient (Wildman–Crippen LogP) is 5.45. The van der Waals surface area contributed by atoms with Crippen molar-refractivity contribution in [2.45, 2.75) is 122 Å². The Labute approximate surface area is 144 Å². The van der Waals surface area contributed by atoms with Gasteiger partial charge in [0.05, 0.1) is 12.2 Å². The van der Waals surface area contributed by atoms with Crippen LogP contribution in [0.25, 0.3) is 0 Å². The molecular formula is C21H39NO. The minimum absolute atomic E-state index is 0.469. The molecule has 0 saturated heterocycles. The van der Waals surface area contributed by atoms with Gasteiger partial charge >= 0.3 is 0 Å². The Morgan fingerprint density at radius 1 is 0.739 bits per heavy atom. The molecule has 1 N–H and O–H groups in total. The van der Waals surface area contributed by atoms with E-state index in [0.29, 0.717) is 12.2 Å². The largest absolute Gasteiger partial charge is 0.375 e. The van der Waals surface area contributed by atoms with Crippen molar-refractivity contribution in [1.82, 2.24) is 5.32 Å². The lowest BCUT2D eigenvalue weighted by Crippen LogP contribution is -2.43. The van der Waals surface area contributed by atoms with Gasteiger partial charge in [0.2, 0.25) is 0 Å². The minimum atomic E-state index is 0.469. The molecule has 3 saturated carbocycles. The molecule has 0 aromatic heterocycles. The second-order valence-electron chi connectivity index (χ2n) is 8.75. The van der Waals surface area contributed by atoms with Crippen LogP contribution in [0.2, 0.25) is 0 Å². The molecule has 0 aromatic rings. The van der Waals surface area contributed by atoms with Crippen molar-refractivity contribution < 1.29 is 4.74 Å². The first-order chi connectivity index (χ1) is 11.2. The first-order valence-corrected chi connectivity index (χ1v) is 10.6. The van der Waals surface area contributed by atoms with Crippen molar-refractivity contribution in [3.8, 4) is 0 Å². The highest BCUT2D eigenvalue weighted by Crippen LogP contribution is 2.33. The summed E-state index contributed by atoms with van der Waals surface area (Å²) in [4.78, 5) is 0. The molecule has 0 spiro atoms. The molecule has 2 heteroatoms. The van der Waals surface area contributed by atoms with Gasteiger partial charge in [0.25, 0.3) is 0 Å². The van der Waals surface area contributed by atoms with Crippen LogP contribution in [0.1, 0.15) is 97.3 Å². The maximum Gasteiger partial charge on any atom is 0.0604 e. The van der Waals surface area contributed by atoms with Gasteiger partial charge < -0.3 is 10.1 Å². The summed E-state index contributed by atoms with van der Waals surface area (Å²) in [5.74, 6) is 1.57. The van der Waals surface area contributed by atoms with Gasteiger partial charge in [-0.25, -0.2) is 0 Å². The number of ether oxygens (including phenoxy) is 1. The average Bonchev–Trinajstić information content (AvgIpc) is 2.58. The summed E-state index contributed by atoms with van der Waals surface area (Å²) in [6.45, 7) is 4.74. The summed E-state index contributed by atoms with van der Waals surface area (Å²) in [5, 5.41) is 3.96. The van der Waals surface area contributed by atoms with Crippen LogP contribution in [0.3, 0.4) is 0 Å². The Morgan fingerprint density at radius 3 is 2.04 bits per heavy atom. The molecule has 3 aliphatic rings. The van der Waals surface area contributed by atoms with Crippen molar-refractivity contribution >= 4 is 0 Å². The summed E-state index contributed by atoms with van der Waals surface area (Å²) >= 11 is 0. The van der Waals surface area contributed by atoms with Crippen LogP contribution in [0, 0.1) is 11.8 Å². The van der Waals surface area contributed by atoms with Gasteiger partial charge in [0.15, 0.2) is 0 Å². The first-order valence-electron chi connectivity index (χ1n) is 10.6. The molecule has 0 bridgehead atoms. The summed E-state index contributed by atoms with van der Waals surface area (Å²) in [7, 11) is 0. The fraction of sp³-hybridized carbons (Fsp3) is 1.00. The van der Waals surface area contributed by atoms with E-state index >= 15 is 0 Å². The lowest BCUT2D eigenvalue weighted by molar-refractivity contribution is -0.0775. The average molecular weight is 322 g/mol. The lowest BCUT2D eigenvalue weighted by atomic mass is 9.81. The third-order valence-corrected chi connectivity index (χ3v) is 6.93. The molecule has 23 heavy (non-hydrogen) atoms. The summed E-state index contributed by atoms with van der Waals surface area (Å²) in [6.07, 6.45) is 19.1. The lowest BCUT2D eigenvalue weighted by Gasteiger charge is -2.38. The second-order valence-corrected chi connectivity index (χ2v) is 8.75. The third-order valence-electron chi connectivity index (χ3n) is 6.93. The van der Waals surface area contributed by atoms with Crippen molar-refractivity contribution in [3.05, 3.63) is 0 Å². The zero-order chi connectivity index (χ0) is 16.1. The molecule has 0 radical (unpaired) electrons. The fourth-order valence-electron chi connectivity index (χ4n) is 5.23. The number of hydrogen-bond acceptors (Lipinski definition) is 2. The van der Waals surface area contributed by atoms with Gasteiger partial charge in [-0.1, -0.05) is 39.0 Å². The molecule has 134 valence electrons. The van der Waals surface area contributed by atoms with Crippen LogP contribution in [0.4, 0.5) is 0 Å². The van der Waals surface area contributed by atoms with E-state index in [2.05, 4.69) is 19.2 Å². The van der Waals surface area contributed by atoms with Gasteiger partial charge in [0, 0.05) is 12.1 Å². The van der Waals surface area contributed by atoms with E-state index in [1.54, 1.807) is 0 Å². The highest BCUT2D eigenvalue weighted by molar-refractivity contribution is 4.84. The maximum atomic E-state index is 6.51. The topological polar surface area (TPSA) is 21.3 Å². The second kappa shape index (κ2) is 8.85. The van der Waals surface area contributed by atoms with Gasteiger partial charge in [-0.2, -0.15) is 0 Å². The molecule has 0 amide bonds. The van der Waals surface area contributed by atoms with E-state index in [9.17, 15) is 0 Å². The van der Waals surface area contributed by atoms with Crippen molar-refractivity contribution in [1.29, 1.82) is 0 Å². The highest BCUT2D eigenvalue weighted by Gasteiger charge is 2.30. The quantitative estimate of drug-likeness (QED) is 0.727. The molecule has 3 fully saturated rings. The Bertz CT molecular complexity index is 331. The van der Waals surface area contributed by atoms with Crippen molar-refractivity contribution in [2.24, 2.45) is 11.8 Å². The van der Waals surface area contributed by atoms with E-state index < -0.39 is 0 Å². The Morgan fingerprint density at radius 2 is 1.35 bits per heavy atom. The zero-order valence-corrected chi connectivity index (χ0v) is 15.6. The molecular weight excluding hydrogens is 282 g/mol. The van der Waals surface area contributed by atoms with Gasteiger partial charge in [-0.05, 0) is 70.1 Å². The molecule has 2 nitrogen and oxygen atoms in total. The van der Waals surface area contributed by atoms with Crippen LogP contribution in [-0.2, 0) is 4.74 Å². The Kier molecular flexibility index (Phi) is 6.83. The molecule has 3 unspecified atom stereocenters. The summed E-state index contributed by atoms with van der Waals surface area (Å²) < 4.78 is 6.51. The molecule has 3 aliphatic carbocycles. The standard InChI is InChI=1S/C21H39NO/c1-16-8-6-7-11-21(16)23-17(2)18-12-14-20(15-13-18)22-19-9-4-3-5-10-19/h16-22H,3-15H2,1-2H3. The SMILES string of the molecule is CC1CCCCC1OC(C)C1CCC(NC2CCCCC2)CC1. The molecule has 0 aromatic carbocycles. The van der Waals surface area contributed by atoms with E-state index in [1.165, 1.54) is 83.5 Å². The van der Waals surface area contributed by atoms with Crippen molar-refractivity contribution in [2.75, 3.05) is 0 Å². The van der Waals surface area contributed by atoms with Crippen LogP contribution >= 0.6 is 0 Å². The Balaban J connectivity index is 1.37. The third kappa shape index (κ3) is 5.19. The smallest absolute Gasteiger partial charge is 0.0604 e. The number of nitrogens with one attached hydrogen (secondary N) is 1. The van der Waals surface area contributed by atoms with Crippen LogP contribution in [0.5, 0.6) is 0 Å². The molecule has 0 heterocycles. The van der Waals surface area contributed by atoms with Gasteiger partial charge in [-0.3, -0.25) is 0 Å². The van der Waals surface area contributed by atoms with Gasteiger partial charge in [-0.15, -0.1) is 0 Å². The van der Waals surface area contributed by atoms with Crippen LogP contribution < -0.4 is 5.32 Å². The van der Waals surface area contributed by atoms with E-state index in [1.807, 2.05) is 0 Å². The monoisotopic (exact) mass is 321 g/mol. The number of hydrogen-bond donors (Lipinski definition) is 1. The Hall–Kier alpha value is -0.0800. The van der Waals surface area contributed by atoms with E-state index in [4.69, 9.17) is 4.74 Å². The van der Waals surface area contributed by atoms with Crippen LogP contribution in [0.15, 0.2) is 0 Å². The zero-order valence-electron chi connectivity index (χ0n) is 15.6. The number of rotatable bonds is 5. The maximum absolute atomic E-state index is 6.51.